The summed E-state index contributed by atoms with van der Waals surface area (Å²) in [4.78, 5) is 37.6. The minimum Gasteiger partial charge on any atom is -0.497 e. The minimum atomic E-state index is -0.792. The molecule has 1 aliphatic heterocycles. The lowest BCUT2D eigenvalue weighted by Crippen LogP contribution is -2.47. The number of esters is 2. The van der Waals surface area contributed by atoms with E-state index in [1.165, 1.54) is 13.2 Å². The largest absolute Gasteiger partial charge is 0.497 e. The maximum atomic E-state index is 12.8. The summed E-state index contributed by atoms with van der Waals surface area (Å²) in [6.07, 6.45) is 0. The summed E-state index contributed by atoms with van der Waals surface area (Å²) in [5.74, 6) is -0.134. The molecule has 32 heavy (non-hydrogen) atoms. The molecule has 1 atom stereocenters. The van der Waals surface area contributed by atoms with Crippen molar-refractivity contribution >= 4 is 18.0 Å². The quantitative estimate of drug-likeness (QED) is 0.607. The van der Waals surface area contributed by atoms with Crippen molar-refractivity contribution in [3.8, 4) is 11.5 Å². The number of hydrogen-bond donors (Lipinski definition) is 2. The van der Waals surface area contributed by atoms with Crippen molar-refractivity contribution in [1.29, 1.82) is 0 Å². The Bertz CT molecular complexity index is 1030. The van der Waals surface area contributed by atoms with Gasteiger partial charge in [-0.1, -0.05) is 18.2 Å². The predicted octanol–water partition coefficient (Wildman–Crippen LogP) is 2.73. The molecule has 9 nitrogen and oxygen atoms in total. The van der Waals surface area contributed by atoms with Crippen LogP contribution in [-0.4, -0.2) is 45.4 Å². The molecule has 2 aromatic rings. The van der Waals surface area contributed by atoms with Gasteiger partial charge in [-0.15, -0.1) is 0 Å². The van der Waals surface area contributed by atoms with Crippen LogP contribution in [0.4, 0.5) is 4.79 Å². The first-order valence-corrected chi connectivity index (χ1v) is 9.89. The van der Waals surface area contributed by atoms with Crippen molar-refractivity contribution in [2.45, 2.75) is 13.0 Å². The summed E-state index contributed by atoms with van der Waals surface area (Å²) in [6.45, 7) is 1.49. The minimum absolute atomic E-state index is 0.141. The fourth-order valence-corrected chi connectivity index (χ4v) is 3.20. The molecule has 1 aliphatic rings. The van der Waals surface area contributed by atoms with Gasteiger partial charge in [0.2, 0.25) is 0 Å². The highest BCUT2D eigenvalue weighted by Gasteiger charge is 2.34. The Morgan fingerprint density at radius 3 is 2.31 bits per heavy atom. The number of nitrogens with one attached hydrogen (secondary N) is 2. The van der Waals surface area contributed by atoms with Gasteiger partial charge in [0.15, 0.2) is 0 Å². The molecule has 168 valence electrons. The second kappa shape index (κ2) is 10.3. The van der Waals surface area contributed by atoms with E-state index in [4.69, 9.17) is 18.9 Å². The molecule has 0 aliphatic carbocycles. The van der Waals surface area contributed by atoms with Crippen LogP contribution in [-0.2, 0) is 14.3 Å². The van der Waals surface area contributed by atoms with E-state index in [0.717, 1.165) is 0 Å². The first-order valence-electron chi connectivity index (χ1n) is 9.89. The van der Waals surface area contributed by atoms with Gasteiger partial charge in [0, 0.05) is 0 Å². The maximum Gasteiger partial charge on any atom is 0.338 e. The Morgan fingerprint density at radius 2 is 1.66 bits per heavy atom. The fourth-order valence-electron chi connectivity index (χ4n) is 3.20. The molecule has 3 rings (SSSR count). The van der Waals surface area contributed by atoms with E-state index >= 15 is 0 Å². The number of methoxy groups -OCH3 is 2. The highest BCUT2D eigenvalue weighted by atomic mass is 16.5. The molecule has 0 saturated heterocycles. The molecule has 9 heteroatoms. The van der Waals surface area contributed by atoms with E-state index in [1.807, 2.05) is 0 Å². The van der Waals surface area contributed by atoms with Crippen LogP contribution >= 0.6 is 0 Å². The van der Waals surface area contributed by atoms with Crippen LogP contribution in [0.15, 0.2) is 59.8 Å². The summed E-state index contributed by atoms with van der Waals surface area (Å²) >= 11 is 0. The molecule has 2 aromatic carbocycles. The molecule has 2 N–H and O–H groups in total. The molecule has 2 amide bonds. The van der Waals surface area contributed by atoms with E-state index in [2.05, 4.69) is 10.6 Å². The lowest BCUT2D eigenvalue weighted by molar-refractivity contribution is -0.139. The monoisotopic (exact) mass is 440 g/mol. The van der Waals surface area contributed by atoms with Gasteiger partial charge in [-0.2, -0.15) is 0 Å². The average molecular weight is 440 g/mol. The van der Waals surface area contributed by atoms with Crippen molar-refractivity contribution in [3.05, 3.63) is 70.9 Å². The maximum absolute atomic E-state index is 12.8. The third-order valence-corrected chi connectivity index (χ3v) is 4.75. The molecular weight excluding hydrogens is 416 g/mol. The highest BCUT2D eigenvalue weighted by Crippen LogP contribution is 2.29. The van der Waals surface area contributed by atoms with Gasteiger partial charge in [0.1, 0.15) is 18.1 Å². The number of carbonyl (C=O) groups excluding carboxylic acids is 3. The topological polar surface area (TPSA) is 112 Å². The van der Waals surface area contributed by atoms with Gasteiger partial charge >= 0.3 is 18.0 Å². The zero-order chi connectivity index (χ0) is 23.1. The van der Waals surface area contributed by atoms with Gasteiger partial charge in [0.25, 0.3) is 0 Å². The van der Waals surface area contributed by atoms with E-state index < -0.39 is 24.0 Å². The van der Waals surface area contributed by atoms with Crippen molar-refractivity contribution in [2.75, 3.05) is 27.4 Å². The van der Waals surface area contributed by atoms with Gasteiger partial charge in [-0.25, -0.2) is 14.4 Å². The van der Waals surface area contributed by atoms with E-state index in [1.54, 1.807) is 56.5 Å². The van der Waals surface area contributed by atoms with Crippen LogP contribution < -0.4 is 20.1 Å². The normalized spacial score (nSPS) is 15.3. The number of carbonyl (C=O) groups is 3. The first kappa shape index (κ1) is 22.7. The summed E-state index contributed by atoms with van der Waals surface area (Å²) in [6, 6.07) is 12.0. The number of amides is 2. The summed E-state index contributed by atoms with van der Waals surface area (Å²) in [5, 5.41) is 5.28. The van der Waals surface area contributed by atoms with Crippen LogP contribution in [0, 0.1) is 0 Å². The Labute approximate surface area is 185 Å². The smallest absolute Gasteiger partial charge is 0.338 e. The number of benzene rings is 2. The number of urea groups is 1. The van der Waals surface area contributed by atoms with Gasteiger partial charge in [-0.3, -0.25) is 0 Å². The van der Waals surface area contributed by atoms with Gasteiger partial charge in [-0.05, 0) is 42.8 Å². The van der Waals surface area contributed by atoms with Gasteiger partial charge in [0.05, 0.1) is 43.7 Å². The Balaban J connectivity index is 1.91. The van der Waals surface area contributed by atoms with Crippen LogP contribution in [0.2, 0.25) is 0 Å². The molecule has 1 unspecified atom stereocenters. The molecule has 0 fully saturated rings. The third-order valence-electron chi connectivity index (χ3n) is 4.75. The van der Waals surface area contributed by atoms with Crippen molar-refractivity contribution in [1.82, 2.24) is 10.6 Å². The Kier molecular flexibility index (Phi) is 7.33. The van der Waals surface area contributed by atoms with E-state index in [0.29, 0.717) is 17.1 Å². The standard InChI is InChI=1S/C23H24N2O7/c1-4-31-22(27)19-18(13-32-21(26)15-6-5-7-17(12-15)30-3)24-23(28)25-20(19)14-8-10-16(29-2)11-9-14/h5-12,20H,4,13H2,1-3H3,(H2,24,25,28). The summed E-state index contributed by atoms with van der Waals surface area (Å²) in [7, 11) is 3.03. The summed E-state index contributed by atoms with van der Waals surface area (Å²) in [5.41, 5.74) is 1.20. The molecule has 0 aromatic heterocycles. The highest BCUT2D eigenvalue weighted by molar-refractivity contribution is 5.95. The number of rotatable bonds is 8. The molecule has 0 spiro atoms. The van der Waals surface area contributed by atoms with Crippen LogP contribution in [0.25, 0.3) is 0 Å². The Hall–Kier alpha value is -4.01. The zero-order valence-electron chi connectivity index (χ0n) is 18.0. The third kappa shape index (κ3) is 5.18. The van der Waals surface area contributed by atoms with Crippen molar-refractivity contribution in [2.24, 2.45) is 0 Å². The first-order chi connectivity index (χ1) is 15.5. The second-order valence-corrected chi connectivity index (χ2v) is 6.73. The van der Waals surface area contributed by atoms with Crippen molar-refractivity contribution in [3.63, 3.8) is 0 Å². The molecule has 0 radical (unpaired) electrons. The second-order valence-electron chi connectivity index (χ2n) is 6.73. The molecule has 0 saturated carbocycles. The lowest BCUT2D eigenvalue weighted by Gasteiger charge is -2.29. The van der Waals surface area contributed by atoms with Gasteiger partial charge < -0.3 is 29.6 Å². The zero-order valence-corrected chi connectivity index (χ0v) is 18.0. The molecule has 1 heterocycles. The number of hydrogen-bond acceptors (Lipinski definition) is 7. The Morgan fingerprint density at radius 1 is 0.938 bits per heavy atom. The predicted molar refractivity (Wildman–Crippen MR) is 114 cm³/mol. The van der Waals surface area contributed by atoms with E-state index in [-0.39, 0.29) is 30.0 Å². The molecular formula is C23H24N2O7. The summed E-state index contributed by atoms with van der Waals surface area (Å²) < 4.78 is 20.8. The lowest BCUT2D eigenvalue weighted by atomic mass is 9.95. The van der Waals surface area contributed by atoms with E-state index in [9.17, 15) is 14.4 Å². The number of ether oxygens (including phenoxy) is 4. The van der Waals surface area contributed by atoms with Crippen LogP contribution in [0.5, 0.6) is 11.5 Å². The van der Waals surface area contributed by atoms with Crippen molar-refractivity contribution < 1.29 is 33.3 Å². The van der Waals surface area contributed by atoms with Crippen LogP contribution in [0.1, 0.15) is 28.9 Å². The molecule has 0 bridgehead atoms. The SMILES string of the molecule is CCOC(=O)C1=C(COC(=O)c2cccc(OC)c2)NC(=O)NC1c1ccc(OC)cc1. The fraction of sp³-hybridized carbons (Fsp3) is 0.261. The average Bonchev–Trinajstić information content (AvgIpc) is 2.82. The van der Waals surface area contributed by atoms with Crippen LogP contribution in [0.3, 0.4) is 0 Å².